The molecule has 2 aliphatic rings. The van der Waals surface area contributed by atoms with E-state index >= 15 is 0 Å². The Kier molecular flexibility index (Phi) is 7.96. The lowest BCUT2D eigenvalue weighted by molar-refractivity contribution is -0.103. The van der Waals surface area contributed by atoms with E-state index in [1.807, 2.05) is 0 Å². The molecule has 3 aromatic rings. The molecule has 5 rings (SSSR count). The highest BCUT2D eigenvalue weighted by molar-refractivity contribution is 7.92. The molecule has 3 heterocycles. The summed E-state index contributed by atoms with van der Waals surface area (Å²) in [6, 6.07) is 4.64. The number of pyridine rings is 1. The first-order valence-electron chi connectivity index (χ1n) is 12.9. The third-order valence-electron chi connectivity index (χ3n) is 6.81. The van der Waals surface area contributed by atoms with Gasteiger partial charge in [0.15, 0.2) is 17.4 Å². The van der Waals surface area contributed by atoms with Gasteiger partial charge in [-0.3, -0.25) is 4.72 Å². The second-order valence-electron chi connectivity index (χ2n) is 10.7. The van der Waals surface area contributed by atoms with E-state index < -0.39 is 75.0 Å². The zero-order valence-corrected chi connectivity index (χ0v) is 22.9. The SMILES string of the molecule is C[C@@]1(F)CNC[C@@H](Nc2nccc(-c3cccnc3Oc3cc(F)c(NS(=O)(=O)CC4CC(F)(F)C4)c(F)c3F)n2)C1. The fourth-order valence-corrected chi connectivity index (χ4v) is 6.39. The van der Waals surface area contributed by atoms with Gasteiger partial charge in [-0.2, -0.15) is 4.39 Å². The zero-order chi connectivity index (χ0) is 30.3. The number of alkyl halides is 3. The molecule has 0 bridgehead atoms. The molecule has 1 aliphatic heterocycles. The summed E-state index contributed by atoms with van der Waals surface area (Å²) in [6.45, 7) is 2.18. The third kappa shape index (κ3) is 6.86. The van der Waals surface area contributed by atoms with E-state index in [1.165, 1.54) is 37.5 Å². The van der Waals surface area contributed by atoms with Crippen LogP contribution in [0.4, 0.5) is 38.0 Å². The maximum absolute atomic E-state index is 15.0. The van der Waals surface area contributed by atoms with Gasteiger partial charge in [-0.1, -0.05) is 0 Å². The number of rotatable bonds is 9. The van der Waals surface area contributed by atoms with Gasteiger partial charge in [0.2, 0.25) is 33.6 Å². The Bertz CT molecular complexity index is 1580. The van der Waals surface area contributed by atoms with E-state index in [0.29, 0.717) is 12.6 Å². The van der Waals surface area contributed by atoms with Crippen LogP contribution in [-0.4, -0.2) is 59.8 Å². The van der Waals surface area contributed by atoms with Crippen molar-refractivity contribution in [2.75, 3.05) is 28.9 Å². The number of hydrogen-bond acceptors (Lipinski definition) is 8. The second-order valence-corrected chi connectivity index (χ2v) is 12.5. The number of nitrogens with zero attached hydrogens (tertiary/aromatic N) is 3. The molecule has 2 atom stereocenters. The highest BCUT2D eigenvalue weighted by atomic mass is 32.2. The van der Waals surface area contributed by atoms with Crippen LogP contribution in [0.25, 0.3) is 11.3 Å². The first kappa shape index (κ1) is 29.8. The Hall–Kier alpha value is -3.66. The lowest BCUT2D eigenvalue weighted by atomic mass is 9.83. The lowest BCUT2D eigenvalue weighted by Gasteiger charge is -2.34. The molecule has 0 unspecified atom stereocenters. The van der Waals surface area contributed by atoms with Gasteiger partial charge in [0, 0.05) is 56.9 Å². The maximum Gasteiger partial charge on any atom is 0.248 e. The van der Waals surface area contributed by atoms with Gasteiger partial charge in [-0.15, -0.1) is 0 Å². The first-order chi connectivity index (χ1) is 19.7. The number of ether oxygens (including phenoxy) is 1. The van der Waals surface area contributed by atoms with Gasteiger partial charge in [0.1, 0.15) is 11.4 Å². The van der Waals surface area contributed by atoms with E-state index in [9.17, 15) is 34.8 Å². The van der Waals surface area contributed by atoms with Crippen LogP contribution in [-0.2, 0) is 10.0 Å². The Labute approximate surface area is 237 Å². The van der Waals surface area contributed by atoms with E-state index in [2.05, 4.69) is 25.6 Å². The predicted octanol–water partition coefficient (Wildman–Crippen LogP) is 5.04. The van der Waals surface area contributed by atoms with Crippen LogP contribution in [0.2, 0.25) is 0 Å². The topological polar surface area (TPSA) is 118 Å². The molecule has 9 nitrogen and oxygen atoms in total. The summed E-state index contributed by atoms with van der Waals surface area (Å²) in [7, 11) is -4.47. The summed E-state index contributed by atoms with van der Waals surface area (Å²) in [5.74, 6) is -10.9. The number of benzene rings is 1. The number of nitrogens with one attached hydrogen (secondary N) is 3. The molecule has 1 aromatic carbocycles. The fraction of sp³-hybridized carbons (Fsp3) is 0.423. The van der Waals surface area contributed by atoms with Crippen LogP contribution in [0, 0.1) is 23.4 Å². The van der Waals surface area contributed by atoms with Crippen molar-refractivity contribution < 1.29 is 39.5 Å². The van der Waals surface area contributed by atoms with Gasteiger partial charge in [-0.25, -0.2) is 45.3 Å². The molecular weight excluding hydrogens is 590 g/mol. The molecule has 42 heavy (non-hydrogen) atoms. The van der Waals surface area contributed by atoms with Crippen LogP contribution in [0.1, 0.15) is 26.2 Å². The van der Waals surface area contributed by atoms with Crippen LogP contribution >= 0.6 is 0 Å². The normalized spacial score (nSPS) is 22.3. The van der Waals surface area contributed by atoms with E-state index in [-0.39, 0.29) is 42.1 Å². The molecule has 226 valence electrons. The lowest BCUT2D eigenvalue weighted by Crippen LogP contribution is -2.50. The number of sulfonamides is 1. The maximum atomic E-state index is 15.0. The van der Waals surface area contributed by atoms with Crippen LogP contribution in [0.15, 0.2) is 36.7 Å². The largest absolute Gasteiger partial charge is 0.435 e. The van der Waals surface area contributed by atoms with Gasteiger partial charge in [0.05, 0.1) is 17.0 Å². The van der Waals surface area contributed by atoms with Crippen molar-refractivity contribution in [1.82, 2.24) is 20.3 Å². The Morgan fingerprint density at radius 2 is 1.83 bits per heavy atom. The smallest absolute Gasteiger partial charge is 0.248 e. The van der Waals surface area contributed by atoms with Gasteiger partial charge in [0.25, 0.3) is 0 Å². The molecule has 1 aliphatic carbocycles. The highest BCUT2D eigenvalue weighted by Gasteiger charge is 2.47. The second kappa shape index (κ2) is 11.2. The summed E-state index contributed by atoms with van der Waals surface area (Å²) < 4.78 is 117. The van der Waals surface area contributed by atoms with Crippen molar-refractivity contribution in [2.45, 2.75) is 43.8 Å². The summed E-state index contributed by atoms with van der Waals surface area (Å²) in [5.41, 5.74) is -2.28. The fourth-order valence-electron chi connectivity index (χ4n) is 4.95. The molecule has 0 amide bonds. The number of halogens is 6. The van der Waals surface area contributed by atoms with Crippen molar-refractivity contribution in [3.05, 3.63) is 54.1 Å². The molecule has 1 saturated heterocycles. The predicted molar refractivity (Wildman–Crippen MR) is 141 cm³/mol. The van der Waals surface area contributed by atoms with Gasteiger partial charge < -0.3 is 15.4 Å². The van der Waals surface area contributed by atoms with Crippen molar-refractivity contribution in [3.63, 3.8) is 0 Å². The standard InChI is InChI=1S/C26H26F6N6O3S/c1-25(30)10-15(11-33-13-25)36-24-35-6-4-18(37-24)16-3-2-5-34-23(16)41-19-7-17(27)22(21(29)20(19)28)38-42(39,40)12-14-8-26(31,32)9-14/h2-7,14-15,33,38H,8-13H2,1H3,(H,35,36,37)/t15-,25-/m0/s1. The van der Waals surface area contributed by atoms with E-state index in [0.717, 1.165) is 0 Å². The van der Waals surface area contributed by atoms with Gasteiger partial charge >= 0.3 is 0 Å². The number of anilines is 2. The molecule has 3 N–H and O–H groups in total. The monoisotopic (exact) mass is 616 g/mol. The Balaban J connectivity index is 1.35. The van der Waals surface area contributed by atoms with Gasteiger partial charge in [-0.05, 0) is 31.0 Å². The van der Waals surface area contributed by atoms with Crippen LogP contribution < -0.4 is 20.1 Å². The molecule has 0 spiro atoms. The molecule has 16 heteroatoms. The highest BCUT2D eigenvalue weighted by Crippen LogP contribution is 2.43. The van der Waals surface area contributed by atoms with E-state index in [4.69, 9.17) is 4.74 Å². The van der Waals surface area contributed by atoms with Crippen molar-refractivity contribution in [1.29, 1.82) is 0 Å². The summed E-state index contributed by atoms with van der Waals surface area (Å²) in [5, 5.41) is 6.04. The van der Waals surface area contributed by atoms with Crippen molar-refractivity contribution in [3.8, 4) is 22.9 Å². The minimum atomic E-state index is -4.47. The summed E-state index contributed by atoms with van der Waals surface area (Å²) >= 11 is 0. The average Bonchev–Trinajstić information content (AvgIpc) is 2.88. The first-order valence-corrected chi connectivity index (χ1v) is 14.5. The van der Waals surface area contributed by atoms with E-state index in [1.54, 1.807) is 4.72 Å². The van der Waals surface area contributed by atoms with Crippen LogP contribution in [0.5, 0.6) is 11.6 Å². The number of hydrogen-bond donors (Lipinski definition) is 3. The number of aromatic nitrogens is 3. The molecule has 2 aromatic heterocycles. The summed E-state index contributed by atoms with van der Waals surface area (Å²) in [4.78, 5) is 12.5. The third-order valence-corrected chi connectivity index (χ3v) is 8.24. The average molecular weight is 617 g/mol. The molecular formula is C26H26F6N6O3S. The molecule has 0 radical (unpaired) electrons. The minimum absolute atomic E-state index is 0.164. The van der Waals surface area contributed by atoms with Crippen LogP contribution in [0.3, 0.4) is 0 Å². The minimum Gasteiger partial charge on any atom is -0.435 e. The number of piperidine rings is 1. The Morgan fingerprint density at radius 1 is 1.07 bits per heavy atom. The zero-order valence-electron chi connectivity index (χ0n) is 22.1. The Morgan fingerprint density at radius 3 is 2.55 bits per heavy atom. The summed E-state index contributed by atoms with van der Waals surface area (Å²) in [6.07, 6.45) is 1.56. The van der Waals surface area contributed by atoms with Crippen molar-refractivity contribution >= 4 is 21.7 Å². The van der Waals surface area contributed by atoms with Crippen molar-refractivity contribution in [2.24, 2.45) is 5.92 Å². The molecule has 2 fully saturated rings. The molecule has 1 saturated carbocycles. The quantitative estimate of drug-likeness (QED) is 0.226.